The van der Waals surface area contributed by atoms with Crippen molar-refractivity contribution in [3.8, 4) is 22.9 Å². The number of rotatable bonds is 5. The number of aldehydes is 1. The van der Waals surface area contributed by atoms with Crippen LogP contribution in [0.3, 0.4) is 0 Å². The minimum absolute atomic E-state index is 0.0621. The van der Waals surface area contributed by atoms with Gasteiger partial charge in [-0.3, -0.25) is 9.59 Å². The summed E-state index contributed by atoms with van der Waals surface area (Å²) in [4.78, 5) is 23.4. The topological polar surface area (TPSA) is 70.4 Å². The summed E-state index contributed by atoms with van der Waals surface area (Å²) in [6.07, 6.45) is 2.00. The van der Waals surface area contributed by atoms with Crippen LogP contribution in [0, 0.1) is 0 Å². The van der Waals surface area contributed by atoms with E-state index in [2.05, 4.69) is 5.10 Å². The van der Waals surface area contributed by atoms with Crippen molar-refractivity contribution in [3.63, 3.8) is 0 Å². The standard InChI is InChI=1S/C18H12Cl2N2O4/c1-25-15-7-11(10-23)5-6-14(15)26-16-9-21-22(18(24)17(16)20)13-4-2-3-12(19)8-13/h2-10H,1H3. The molecule has 1 aromatic heterocycles. The number of ether oxygens (including phenoxy) is 2. The first-order valence-electron chi connectivity index (χ1n) is 7.38. The average Bonchev–Trinajstić information content (AvgIpc) is 2.65. The summed E-state index contributed by atoms with van der Waals surface area (Å²) < 4.78 is 12.0. The van der Waals surface area contributed by atoms with Crippen LogP contribution in [-0.2, 0) is 0 Å². The Morgan fingerprint density at radius 1 is 1.08 bits per heavy atom. The molecule has 0 bridgehead atoms. The summed E-state index contributed by atoms with van der Waals surface area (Å²) in [6.45, 7) is 0. The van der Waals surface area contributed by atoms with Crippen LogP contribution in [0.2, 0.25) is 10.0 Å². The highest BCUT2D eigenvalue weighted by molar-refractivity contribution is 6.32. The second-order valence-corrected chi connectivity index (χ2v) is 5.96. The van der Waals surface area contributed by atoms with Gasteiger partial charge in [-0.1, -0.05) is 29.3 Å². The van der Waals surface area contributed by atoms with E-state index in [1.54, 1.807) is 36.4 Å². The van der Waals surface area contributed by atoms with Crippen LogP contribution in [-0.4, -0.2) is 23.2 Å². The van der Waals surface area contributed by atoms with Crippen LogP contribution in [0.5, 0.6) is 17.2 Å². The Morgan fingerprint density at radius 3 is 2.58 bits per heavy atom. The monoisotopic (exact) mass is 390 g/mol. The molecule has 0 atom stereocenters. The Bertz CT molecular complexity index is 1030. The highest BCUT2D eigenvalue weighted by atomic mass is 35.5. The molecule has 3 aromatic rings. The van der Waals surface area contributed by atoms with Gasteiger partial charge in [-0.15, -0.1) is 0 Å². The first-order chi connectivity index (χ1) is 12.5. The maximum atomic E-state index is 12.5. The number of carbonyl (C=O) groups is 1. The fourth-order valence-electron chi connectivity index (χ4n) is 2.24. The zero-order valence-corrected chi connectivity index (χ0v) is 15.0. The number of carbonyl (C=O) groups excluding carboxylic acids is 1. The molecule has 2 aromatic carbocycles. The van der Waals surface area contributed by atoms with E-state index in [4.69, 9.17) is 32.7 Å². The van der Waals surface area contributed by atoms with Crippen LogP contribution in [0.15, 0.2) is 53.5 Å². The summed E-state index contributed by atoms with van der Waals surface area (Å²) in [5.74, 6) is 0.679. The third-order valence-corrected chi connectivity index (χ3v) is 4.07. The van der Waals surface area contributed by atoms with E-state index in [0.29, 0.717) is 34.1 Å². The number of halogens is 2. The number of nitrogens with zero attached hydrogens (tertiary/aromatic N) is 2. The Kier molecular flexibility index (Phi) is 5.25. The Hall–Kier alpha value is -2.83. The lowest BCUT2D eigenvalue weighted by atomic mass is 10.2. The summed E-state index contributed by atoms with van der Waals surface area (Å²) >= 11 is 12.1. The first kappa shape index (κ1) is 18.0. The fourth-order valence-corrected chi connectivity index (χ4v) is 2.59. The highest BCUT2D eigenvalue weighted by Gasteiger charge is 2.15. The first-order valence-corrected chi connectivity index (χ1v) is 8.14. The SMILES string of the molecule is COc1cc(C=O)ccc1Oc1cnn(-c2cccc(Cl)c2)c(=O)c1Cl. The van der Waals surface area contributed by atoms with Gasteiger partial charge in [0.15, 0.2) is 22.3 Å². The van der Waals surface area contributed by atoms with Gasteiger partial charge in [0.2, 0.25) is 0 Å². The van der Waals surface area contributed by atoms with Crippen molar-refractivity contribution in [1.29, 1.82) is 0 Å². The number of hydrogen-bond donors (Lipinski definition) is 0. The lowest BCUT2D eigenvalue weighted by Crippen LogP contribution is -2.21. The minimum atomic E-state index is -0.560. The summed E-state index contributed by atoms with van der Waals surface area (Å²) in [7, 11) is 1.44. The molecule has 132 valence electrons. The van der Waals surface area contributed by atoms with Crippen LogP contribution in [0.25, 0.3) is 5.69 Å². The number of hydrogen-bond acceptors (Lipinski definition) is 5. The molecule has 0 aliphatic rings. The minimum Gasteiger partial charge on any atom is -0.493 e. The van der Waals surface area contributed by atoms with Gasteiger partial charge < -0.3 is 9.47 Å². The Labute approximate surface area is 158 Å². The van der Waals surface area contributed by atoms with Gasteiger partial charge in [0.1, 0.15) is 6.29 Å². The molecule has 0 spiro atoms. The smallest absolute Gasteiger partial charge is 0.294 e. The van der Waals surface area contributed by atoms with E-state index in [1.807, 2.05) is 0 Å². The largest absolute Gasteiger partial charge is 0.493 e. The van der Waals surface area contributed by atoms with E-state index in [1.165, 1.54) is 19.4 Å². The molecule has 0 amide bonds. The van der Waals surface area contributed by atoms with Crippen molar-refractivity contribution in [3.05, 3.63) is 74.6 Å². The predicted octanol–water partition coefficient (Wildman–Crippen LogP) is 4.15. The maximum Gasteiger partial charge on any atom is 0.294 e. The van der Waals surface area contributed by atoms with Crippen molar-refractivity contribution in [1.82, 2.24) is 9.78 Å². The molecule has 6 nitrogen and oxygen atoms in total. The summed E-state index contributed by atoms with van der Waals surface area (Å²) in [5, 5.41) is 4.39. The molecule has 1 heterocycles. The molecular weight excluding hydrogens is 379 g/mol. The molecule has 26 heavy (non-hydrogen) atoms. The van der Waals surface area contributed by atoms with Gasteiger partial charge in [-0.2, -0.15) is 9.78 Å². The number of aromatic nitrogens is 2. The second kappa shape index (κ2) is 7.59. The molecule has 3 rings (SSSR count). The van der Waals surface area contributed by atoms with Crippen LogP contribution in [0.4, 0.5) is 0 Å². The van der Waals surface area contributed by atoms with Crippen LogP contribution < -0.4 is 15.0 Å². The molecule has 8 heteroatoms. The molecule has 0 radical (unpaired) electrons. The molecule has 0 unspecified atom stereocenters. The number of methoxy groups -OCH3 is 1. The maximum absolute atomic E-state index is 12.5. The van der Waals surface area contributed by atoms with Crippen molar-refractivity contribution in [2.24, 2.45) is 0 Å². The van der Waals surface area contributed by atoms with Gasteiger partial charge in [0.25, 0.3) is 5.56 Å². The zero-order chi connectivity index (χ0) is 18.7. The number of benzene rings is 2. The Morgan fingerprint density at radius 2 is 1.88 bits per heavy atom. The van der Waals surface area contributed by atoms with Gasteiger partial charge in [-0.05, 0) is 36.4 Å². The molecule has 0 N–H and O–H groups in total. The summed E-state index contributed by atoms with van der Waals surface area (Å²) in [6, 6.07) is 11.3. The molecule has 0 aliphatic carbocycles. The predicted molar refractivity (Wildman–Crippen MR) is 98.3 cm³/mol. The van der Waals surface area contributed by atoms with Crippen molar-refractivity contribution in [2.45, 2.75) is 0 Å². The third-order valence-electron chi connectivity index (χ3n) is 3.48. The van der Waals surface area contributed by atoms with Crippen molar-refractivity contribution >= 4 is 29.5 Å². The Balaban J connectivity index is 1.99. The molecule has 0 saturated heterocycles. The van der Waals surface area contributed by atoms with Gasteiger partial charge in [0, 0.05) is 10.6 Å². The quantitative estimate of drug-likeness (QED) is 0.611. The molecule has 0 saturated carbocycles. The average molecular weight is 391 g/mol. The third kappa shape index (κ3) is 3.56. The fraction of sp³-hybridized carbons (Fsp3) is 0.0556. The normalized spacial score (nSPS) is 10.4. The van der Waals surface area contributed by atoms with E-state index in [9.17, 15) is 9.59 Å². The molecular formula is C18H12Cl2N2O4. The van der Waals surface area contributed by atoms with E-state index >= 15 is 0 Å². The van der Waals surface area contributed by atoms with Crippen molar-refractivity contribution in [2.75, 3.05) is 7.11 Å². The van der Waals surface area contributed by atoms with Crippen LogP contribution in [0.1, 0.15) is 10.4 Å². The van der Waals surface area contributed by atoms with Crippen molar-refractivity contribution < 1.29 is 14.3 Å². The zero-order valence-electron chi connectivity index (χ0n) is 13.5. The van der Waals surface area contributed by atoms with E-state index < -0.39 is 5.56 Å². The van der Waals surface area contributed by atoms with Gasteiger partial charge in [0.05, 0.1) is 19.0 Å². The van der Waals surface area contributed by atoms with E-state index in [-0.39, 0.29) is 10.8 Å². The van der Waals surface area contributed by atoms with Gasteiger partial charge >= 0.3 is 0 Å². The molecule has 0 aliphatic heterocycles. The van der Waals surface area contributed by atoms with E-state index in [0.717, 1.165) is 4.68 Å². The summed E-state index contributed by atoms with van der Waals surface area (Å²) in [5.41, 5.74) is 0.341. The highest BCUT2D eigenvalue weighted by Crippen LogP contribution is 2.34. The second-order valence-electron chi connectivity index (χ2n) is 5.15. The van der Waals surface area contributed by atoms with Crippen LogP contribution >= 0.6 is 23.2 Å². The van der Waals surface area contributed by atoms with Gasteiger partial charge in [-0.25, -0.2) is 0 Å². The lowest BCUT2D eigenvalue weighted by molar-refractivity contribution is 0.112. The lowest BCUT2D eigenvalue weighted by Gasteiger charge is -2.12. The molecule has 0 fully saturated rings.